The maximum absolute atomic E-state index is 12.9. The Labute approximate surface area is 155 Å². The SMILES string of the molecule is C[NH+](C)CCC(=O)O[C@@H]1CCCC[C@@H]1S(=O)(=O)Cc1ccc(Cl)cc1. The number of hydrogen-bond acceptors (Lipinski definition) is 4. The van der Waals surface area contributed by atoms with Crippen LogP contribution in [0.2, 0.25) is 5.02 Å². The number of nitrogens with one attached hydrogen (secondary N) is 1. The molecule has 2 rings (SSSR count). The van der Waals surface area contributed by atoms with Crippen LogP contribution < -0.4 is 4.90 Å². The van der Waals surface area contributed by atoms with Gasteiger partial charge in [-0.05, 0) is 37.0 Å². The van der Waals surface area contributed by atoms with E-state index in [9.17, 15) is 13.2 Å². The van der Waals surface area contributed by atoms with Crippen molar-refractivity contribution in [3.8, 4) is 0 Å². The molecule has 1 aliphatic rings. The second-order valence-electron chi connectivity index (χ2n) is 6.99. The lowest BCUT2D eigenvalue weighted by Gasteiger charge is -2.31. The van der Waals surface area contributed by atoms with Crippen LogP contribution >= 0.6 is 11.6 Å². The Bertz CT molecular complexity index is 673. The number of sulfone groups is 1. The van der Waals surface area contributed by atoms with Gasteiger partial charge in [0.15, 0.2) is 9.84 Å². The molecule has 0 bridgehead atoms. The molecule has 5 nitrogen and oxygen atoms in total. The molecule has 0 radical (unpaired) electrons. The van der Waals surface area contributed by atoms with Gasteiger partial charge in [0.25, 0.3) is 0 Å². The van der Waals surface area contributed by atoms with E-state index in [0.717, 1.165) is 17.7 Å². The van der Waals surface area contributed by atoms with Gasteiger partial charge in [0.1, 0.15) is 6.10 Å². The first-order valence-electron chi connectivity index (χ1n) is 8.72. The van der Waals surface area contributed by atoms with Gasteiger partial charge in [0, 0.05) is 5.02 Å². The minimum atomic E-state index is -3.40. The molecule has 1 aromatic rings. The molecule has 1 fully saturated rings. The van der Waals surface area contributed by atoms with E-state index in [4.69, 9.17) is 16.3 Å². The van der Waals surface area contributed by atoms with Crippen molar-refractivity contribution in [2.45, 2.75) is 49.2 Å². The fraction of sp³-hybridized carbons (Fsp3) is 0.611. The molecule has 0 heterocycles. The predicted molar refractivity (Wildman–Crippen MR) is 98.5 cm³/mol. The number of esters is 1. The van der Waals surface area contributed by atoms with E-state index in [1.54, 1.807) is 24.3 Å². The highest BCUT2D eigenvalue weighted by molar-refractivity contribution is 7.91. The summed E-state index contributed by atoms with van der Waals surface area (Å²) in [5.41, 5.74) is 0.705. The van der Waals surface area contributed by atoms with Gasteiger partial charge in [-0.15, -0.1) is 0 Å². The summed E-state index contributed by atoms with van der Waals surface area (Å²) in [4.78, 5) is 13.2. The van der Waals surface area contributed by atoms with Crippen LogP contribution in [0.5, 0.6) is 0 Å². The van der Waals surface area contributed by atoms with Gasteiger partial charge in [-0.2, -0.15) is 0 Å². The van der Waals surface area contributed by atoms with Gasteiger partial charge in [0.05, 0.1) is 38.1 Å². The van der Waals surface area contributed by atoms with Crippen molar-refractivity contribution in [1.29, 1.82) is 0 Å². The first kappa shape index (κ1) is 20.2. The van der Waals surface area contributed by atoms with E-state index in [-0.39, 0.29) is 11.7 Å². The lowest BCUT2D eigenvalue weighted by atomic mass is 9.97. The molecule has 1 saturated carbocycles. The average molecular weight is 389 g/mol. The van der Waals surface area contributed by atoms with Crippen LogP contribution in [0.15, 0.2) is 24.3 Å². The van der Waals surface area contributed by atoms with Gasteiger partial charge in [-0.25, -0.2) is 8.42 Å². The first-order valence-corrected chi connectivity index (χ1v) is 10.8. The minimum Gasteiger partial charge on any atom is -0.461 e. The second-order valence-corrected chi connectivity index (χ2v) is 9.65. The fourth-order valence-electron chi connectivity index (χ4n) is 3.11. The Morgan fingerprint density at radius 2 is 1.84 bits per heavy atom. The van der Waals surface area contributed by atoms with Crippen LogP contribution in [0, 0.1) is 0 Å². The molecule has 25 heavy (non-hydrogen) atoms. The summed E-state index contributed by atoms with van der Waals surface area (Å²) in [6.07, 6.45) is 2.68. The predicted octanol–water partition coefficient (Wildman–Crippen LogP) is 1.64. The van der Waals surface area contributed by atoms with Gasteiger partial charge in [0.2, 0.25) is 0 Å². The maximum Gasteiger partial charge on any atom is 0.311 e. The van der Waals surface area contributed by atoms with Gasteiger partial charge >= 0.3 is 5.97 Å². The van der Waals surface area contributed by atoms with Crippen LogP contribution in [0.3, 0.4) is 0 Å². The number of carbonyl (C=O) groups excluding carboxylic acids is 1. The quantitative estimate of drug-likeness (QED) is 0.721. The first-order chi connectivity index (χ1) is 11.8. The number of carbonyl (C=O) groups is 1. The molecule has 1 N–H and O–H groups in total. The van der Waals surface area contributed by atoms with Gasteiger partial charge in [-0.3, -0.25) is 4.79 Å². The summed E-state index contributed by atoms with van der Waals surface area (Å²) in [5, 5.41) is -0.0405. The Hall–Kier alpha value is -1.11. The van der Waals surface area contributed by atoms with E-state index >= 15 is 0 Å². The van der Waals surface area contributed by atoms with E-state index in [1.165, 1.54) is 0 Å². The van der Waals surface area contributed by atoms with Crippen molar-refractivity contribution in [2.24, 2.45) is 0 Å². The largest absolute Gasteiger partial charge is 0.461 e. The highest BCUT2D eigenvalue weighted by atomic mass is 35.5. The molecule has 2 atom stereocenters. The van der Waals surface area contributed by atoms with E-state index in [2.05, 4.69) is 0 Å². The van der Waals surface area contributed by atoms with Gasteiger partial charge < -0.3 is 9.64 Å². The minimum absolute atomic E-state index is 0.0509. The monoisotopic (exact) mass is 388 g/mol. The molecule has 0 unspecified atom stereocenters. The average Bonchev–Trinajstić information content (AvgIpc) is 2.55. The van der Waals surface area contributed by atoms with Crippen LogP contribution in [-0.4, -0.2) is 46.4 Å². The Balaban J connectivity index is 2.04. The molecule has 140 valence electrons. The van der Waals surface area contributed by atoms with Crippen LogP contribution in [0.4, 0.5) is 0 Å². The second kappa shape index (κ2) is 9.01. The van der Waals surface area contributed by atoms with Crippen LogP contribution in [0.1, 0.15) is 37.7 Å². The zero-order chi connectivity index (χ0) is 18.4. The third-order valence-corrected chi connectivity index (χ3v) is 6.95. The molecule has 0 amide bonds. The summed E-state index contributed by atoms with van der Waals surface area (Å²) in [5.74, 6) is -0.357. The zero-order valence-corrected chi connectivity index (χ0v) is 16.4. The Morgan fingerprint density at radius 3 is 2.48 bits per heavy atom. The number of quaternary nitrogens is 1. The molecule has 7 heteroatoms. The Kier molecular flexibility index (Phi) is 7.28. The Morgan fingerprint density at radius 1 is 1.20 bits per heavy atom. The van der Waals surface area contributed by atoms with Gasteiger partial charge in [-0.1, -0.05) is 30.2 Å². The molecule has 0 aliphatic heterocycles. The van der Waals surface area contributed by atoms with Crippen LogP contribution in [0.25, 0.3) is 0 Å². The molecule has 0 aromatic heterocycles. The molecule has 0 saturated heterocycles. The molecular formula is C18H27ClNO4S+. The van der Waals surface area contributed by atoms with Crippen molar-refractivity contribution in [2.75, 3.05) is 20.6 Å². The van der Waals surface area contributed by atoms with Crippen molar-refractivity contribution in [3.63, 3.8) is 0 Å². The number of halogens is 1. The summed E-state index contributed by atoms with van der Waals surface area (Å²) in [7, 11) is 0.530. The van der Waals surface area contributed by atoms with E-state index in [1.807, 2.05) is 14.1 Å². The third-order valence-electron chi connectivity index (χ3n) is 4.50. The maximum atomic E-state index is 12.9. The number of benzene rings is 1. The number of rotatable bonds is 7. The lowest BCUT2D eigenvalue weighted by molar-refractivity contribution is -0.857. The highest BCUT2D eigenvalue weighted by Crippen LogP contribution is 2.29. The number of ether oxygens (including phenoxy) is 1. The van der Waals surface area contributed by atoms with Crippen molar-refractivity contribution >= 4 is 27.4 Å². The summed E-state index contributed by atoms with van der Waals surface area (Å²) in [6, 6.07) is 6.83. The van der Waals surface area contributed by atoms with E-state index in [0.29, 0.717) is 36.4 Å². The van der Waals surface area contributed by atoms with Crippen LogP contribution in [-0.2, 0) is 25.1 Å². The topological polar surface area (TPSA) is 64.9 Å². The van der Waals surface area contributed by atoms with Crippen molar-refractivity contribution in [1.82, 2.24) is 0 Å². The molecule has 0 spiro atoms. The van der Waals surface area contributed by atoms with E-state index < -0.39 is 21.2 Å². The van der Waals surface area contributed by atoms with Crippen molar-refractivity contribution in [3.05, 3.63) is 34.9 Å². The zero-order valence-electron chi connectivity index (χ0n) is 14.8. The smallest absolute Gasteiger partial charge is 0.311 e. The van der Waals surface area contributed by atoms with Crippen molar-refractivity contribution < 1.29 is 22.8 Å². The summed E-state index contributed by atoms with van der Waals surface area (Å²) >= 11 is 5.86. The summed E-state index contributed by atoms with van der Waals surface area (Å²) in [6.45, 7) is 0.674. The standard InChI is InChI=1S/C18H26ClNO4S/c1-20(2)12-11-18(21)24-16-5-3-4-6-17(16)25(22,23)13-14-7-9-15(19)10-8-14/h7-10,16-17H,3-6,11-13H2,1-2H3/p+1/t16-,17+/m1/s1. The molecular weight excluding hydrogens is 362 g/mol. The molecule has 1 aromatic carbocycles. The number of hydrogen-bond donors (Lipinski definition) is 1. The fourth-order valence-corrected chi connectivity index (χ4v) is 5.29. The third kappa shape index (κ3) is 6.28. The lowest BCUT2D eigenvalue weighted by Crippen LogP contribution is -3.05. The molecule has 1 aliphatic carbocycles. The normalized spacial score (nSPS) is 21.3. The summed E-state index contributed by atoms with van der Waals surface area (Å²) < 4.78 is 31.3. The highest BCUT2D eigenvalue weighted by Gasteiger charge is 2.37.